The Balaban J connectivity index is 1.71. The second kappa shape index (κ2) is 8.22. The highest BCUT2D eigenvalue weighted by atomic mass is 32.2. The quantitative estimate of drug-likeness (QED) is 0.817. The van der Waals surface area contributed by atoms with E-state index in [1.807, 2.05) is 32.0 Å². The largest absolute Gasteiger partial charge is 0.370 e. The minimum Gasteiger partial charge on any atom is -0.370 e. The molecule has 1 aromatic heterocycles. The lowest BCUT2D eigenvalue weighted by Gasteiger charge is -2.34. The highest BCUT2D eigenvalue weighted by Crippen LogP contribution is 2.22. The van der Waals surface area contributed by atoms with Crippen LogP contribution >= 0.6 is 0 Å². The second-order valence-electron chi connectivity index (χ2n) is 6.58. The van der Waals surface area contributed by atoms with Crippen molar-refractivity contribution in [3.8, 4) is 0 Å². The van der Waals surface area contributed by atoms with Crippen LogP contribution in [-0.4, -0.2) is 55.4 Å². The zero-order chi connectivity index (χ0) is 19.4. The van der Waals surface area contributed by atoms with Gasteiger partial charge in [0.2, 0.25) is 10.0 Å². The first-order valence-electron chi connectivity index (χ1n) is 9.37. The molecule has 2 aromatic rings. The Morgan fingerprint density at radius 3 is 2.30 bits per heavy atom. The van der Waals surface area contributed by atoms with E-state index in [-0.39, 0.29) is 0 Å². The van der Waals surface area contributed by atoms with E-state index in [9.17, 15) is 8.42 Å². The van der Waals surface area contributed by atoms with Gasteiger partial charge in [0, 0.05) is 38.8 Å². The maximum Gasteiger partial charge on any atom is 0.243 e. The van der Waals surface area contributed by atoms with E-state index < -0.39 is 10.0 Å². The van der Waals surface area contributed by atoms with Gasteiger partial charge < -0.3 is 10.2 Å². The van der Waals surface area contributed by atoms with Gasteiger partial charge in [-0.25, -0.2) is 18.4 Å². The molecule has 0 spiro atoms. The molecule has 1 aromatic carbocycles. The third kappa shape index (κ3) is 4.39. The number of nitrogens with one attached hydrogen (secondary N) is 1. The summed E-state index contributed by atoms with van der Waals surface area (Å²) < 4.78 is 27.3. The van der Waals surface area contributed by atoms with Crippen LogP contribution in [0.4, 0.5) is 11.6 Å². The lowest BCUT2D eigenvalue weighted by molar-refractivity contribution is 0.383. The van der Waals surface area contributed by atoms with Crippen molar-refractivity contribution in [2.24, 2.45) is 0 Å². The molecule has 1 fully saturated rings. The predicted molar refractivity (Wildman–Crippen MR) is 108 cm³/mol. The number of sulfonamides is 1. The number of aryl methyl sites for hydroxylation is 2. The number of benzene rings is 1. The standard InChI is InChI=1S/C19H27N5O2S/c1-4-16-6-8-17(9-7-16)27(25,26)24-12-10-23(11-13-24)19-14-18(20-5-2)21-15(3)22-19/h6-9,14H,4-5,10-13H2,1-3H3,(H,20,21,22). The van der Waals surface area contributed by atoms with E-state index in [1.165, 1.54) is 0 Å². The molecule has 1 aliphatic rings. The van der Waals surface area contributed by atoms with Gasteiger partial charge in [-0.15, -0.1) is 0 Å². The van der Waals surface area contributed by atoms with Crippen LogP contribution in [0.1, 0.15) is 25.2 Å². The summed E-state index contributed by atoms with van der Waals surface area (Å²) in [5.74, 6) is 2.34. The minimum atomic E-state index is -3.46. The lowest BCUT2D eigenvalue weighted by Crippen LogP contribution is -2.49. The van der Waals surface area contributed by atoms with E-state index in [0.29, 0.717) is 36.9 Å². The molecule has 146 valence electrons. The van der Waals surface area contributed by atoms with E-state index in [1.54, 1.807) is 16.4 Å². The summed E-state index contributed by atoms with van der Waals surface area (Å²) in [6, 6.07) is 9.10. The summed E-state index contributed by atoms with van der Waals surface area (Å²) in [4.78, 5) is 11.4. The normalized spacial score (nSPS) is 15.7. The Hall–Kier alpha value is -2.19. The maximum atomic E-state index is 12.9. The number of nitrogens with zero attached hydrogens (tertiary/aromatic N) is 4. The Morgan fingerprint density at radius 2 is 1.70 bits per heavy atom. The smallest absolute Gasteiger partial charge is 0.243 e. The molecule has 0 bridgehead atoms. The number of aromatic nitrogens is 2. The molecule has 8 heteroatoms. The summed E-state index contributed by atoms with van der Waals surface area (Å²) >= 11 is 0. The number of piperazine rings is 1. The zero-order valence-corrected chi connectivity index (χ0v) is 17.0. The average molecular weight is 390 g/mol. The number of anilines is 2. The third-order valence-corrected chi connectivity index (χ3v) is 6.63. The molecule has 0 unspecified atom stereocenters. The van der Waals surface area contributed by atoms with Crippen LogP contribution in [0.25, 0.3) is 0 Å². The van der Waals surface area contributed by atoms with Crippen LogP contribution < -0.4 is 10.2 Å². The molecule has 1 N–H and O–H groups in total. The lowest BCUT2D eigenvalue weighted by atomic mass is 10.2. The van der Waals surface area contributed by atoms with Gasteiger partial charge in [0.25, 0.3) is 0 Å². The van der Waals surface area contributed by atoms with E-state index in [2.05, 4.69) is 27.1 Å². The summed E-state index contributed by atoms with van der Waals surface area (Å²) in [6.07, 6.45) is 0.895. The van der Waals surface area contributed by atoms with Crippen molar-refractivity contribution in [2.75, 3.05) is 42.9 Å². The molecule has 7 nitrogen and oxygen atoms in total. The fraction of sp³-hybridized carbons (Fsp3) is 0.474. The Bertz CT molecular complexity index is 875. The first-order chi connectivity index (χ1) is 12.9. The summed E-state index contributed by atoms with van der Waals surface area (Å²) in [6.45, 7) is 8.83. The minimum absolute atomic E-state index is 0.362. The number of hydrogen-bond donors (Lipinski definition) is 1. The Morgan fingerprint density at radius 1 is 1.04 bits per heavy atom. The summed E-state index contributed by atoms with van der Waals surface area (Å²) in [5.41, 5.74) is 1.13. The molecular formula is C19H27N5O2S. The maximum absolute atomic E-state index is 12.9. The molecule has 27 heavy (non-hydrogen) atoms. The van der Waals surface area contributed by atoms with Crippen LogP contribution in [-0.2, 0) is 16.4 Å². The van der Waals surface area contributed by atoms with Crippen LogP contribution in [0, 0.1) is 6.92 Å². The highest BCUT2D eigenvalue weighted by Gasteiger charge is 2.29. The van der Waals surface area contributed by atoms with Gasteiger partial charge in [-0.1, -0.05) is 19.1 Å². The zero-order valence-electron chi connectivity index (χ0n) is 16.1. The van der Waals surface area contributed by atoms with Crippen LogP contribution in [0.3, 0.4) is 0 Å². The first-order valence-corrected chi connectivity index (χ1v) is 10.8. The summed E-state index contributed by atoms with van der Waals surface area (Å²) in [7, 11) is -3.46. The monoisotopic (exact) mass is 389 g/mol. The second-order valence-corrected chi connectivity index (χ2v) is 8.52. The van der Waals surface area contributed by atoms with E-state index in [4.69, 9.17) is 0 Å². The van der Waals surface area contributed by atoms with Crippen LogP contribution in [0.15, 0.2) is 35.2 Å². The Labute approximate surface area is 161 Å². The van der Waals surface area contributed by atoms with E-state index >= 15 is 0 Å². The third-order valence-electron chi connectivity index (χ3n) is 4.71. The molecule has 3 rings (SSSR count). The van der Waals surface area contributed by atoms with Crippen molar-refractivity contribution in [3.63, 3.8) is 0 Å². The predicted octanol–water partition coefficient (Wildman–Crippen LogP) is 2.29. The van der Waals surface area contributed by atoms with Crippen molar-refractivity contribution in [3.05, 3.63) is 41.7 Å². The van der Waals surface area contributed by atoms with Gasteiger partial charge in [-0.3, -0.25) is 0 Å². The molecule has 0 radical (unpaired) electrons. The number of rotatable bonds is 6. The fourth-order valence-electron chi connectivity index (χ4n) is 3.19. The highest BCUT2D eigenvalue weighted by molar-refractivity contribution is 7.89. The van der Waals surface area contributed by atoms with Crippen LogP contribution in [0.5, 0.6) is 0 Å². The van der Waals surface area contributed by atoms with Gasteiger partial charge in [0.05, 0.1) is 4.90 Å². The molecule has 0 aliphatic carbocycles. The SMILES string of the molecule is CCNc1cc(N2CCN(S(=O)(=O)c3ccc(CC)cc3)CC2)nc(C)n1. The molecule has 2 heterocycles. The van der Waals surface area contributed by atoms with Crippen molar-refractivity contribution in [1.29, 1.82) is 0 Å². The summed E-state index contributed by atoms with van der Waals surface area (Å²) in [5, 5.41) is 3.21. The molecular weight excluding hydrogens is 362 g/mol. The molecule has 1 aliphatic heterocycles. The molecule has 0 amide bonds. The van der Waals surface area contributed by atoms with Gasteiger partial charge >= 0.3 is 0 Å². The first kappa shape index (κ1) is 19.6. The van der Waals surface area contributed by atoms with Gasteiger partial charge in [-0.05, 0) is 38.0 Å². The fourth-order valence-corrected chi connectivity index (χ4v) is 4.61. The average Bonchev–Trinajstić information content (AvgIpc) is 2.68. The molecule has 1 saturated heterocycles. The van der Waals surface area contributed by atoms with Crippen molar-refractivity contribution < 1.29 is 8.42 Å². The van der Waals surface area contributed by atoms with Gasteiger partial charge in [-0.2, -0.15) is 4.31 Å². The topological polar surface area (TPSA) is 78.4 Å². The van der Waals surface area contributed by atoms with Crippen LogP contribution in [0.2, 0.25) is 0 Å². The number of hydrogen-bond acceptors (Lipinski definition) is 6. The van der Waals surface area contributed by atoms with Crippen molar-refractivity contribution in [1.82, 2.24) is 14.3 Å². The van der Waals surface area contributed by atoms with Crippen molar-refractivity contribution >= 4 is 21.7 Å². The van der Waals surface area contributed by atoms with Gasteiger partial charge in [0.1, 0.15) is 17.5 Å². The molecule has 0 atom stereocenters. The molecule has 0 saturated carbocycles. The Kier molecular flexibility index (Phi) is 5.96. The van der Waals surface area contributed by atoms with Gasteiger partial charge in [0.15, 0.2) is 0 Å². The van der Waals surface area contributed by atoms with Crippen molar-refractivity contribution in [2.45, 2.75) is 32.1 Å². The van der Waals surface area contributed by atoms with E-state index in [0.717, 1.165) is 30.2 Å².